The lowest BCUT2D eigenvalue weighted by Gasteiger charge is -2.16. The van der Waals surface area contributed by atoms with Crippen LogP contribution in [-0.2, 0) is 14.8 Å². The Bertz CT molecular complexity index is 934. The van der Waals surface area contributed by atoms with Crippen LogP contribution in [0, 0.1) is 12.7 Å². The maximum absolute atomic E-state index is 13.8. The summed E-state index contributed by atoms with van der Waals surface area (Å²) in [6, 6.07) is 7.69. The van der Waals surface area contributed by atoms with Crippen LogP contribution in [0.25, 0.3) is 0 Å². The molecule has 0 aliphatic rings. The summed E-state index contributed by atoms with van der Waals surface area (Å²) in [7, 11) is -2.66. The first-order valence-electron chi connectivity index (χ1n) is 7.57. The van der Waals surface area contributed by atoms with Gasteiger partial charge in [-0.15, -0.1) is 0 Å². The number of carbonyl (C=O) groups is 1. The number of methoxy groups -OCH3 is 1. The van der Waals surface area contributed by atoms with Gasteiger partial charge in [-0.05, 0) is 49.7 Å². The van der Waals surface area contributed by atoms with Crippen LogP contribution in [-0.4, -0.2) is 27.5 Å². The zero-order valence-electron chi connectivity index (χ0n) is 14.3. The van der Waals surface area contributed by atoms with E-state index in [0.29, 0.717) is 4.47 Å². The molecule has 0 saturated heterocycles. The number of sulfonamides is 1. The number of ether oxygens (including phenoxy) is 1. The Labute approximate surface area is 159 Å². The quantitative estimate of drug-likeness (QED) is 0.716. The number of anilines is 1. The second kappa shape index (κ2) is 8.15. The van der Waals surface area contributed by atoms with E-state index in [9.17, 15) is 17.6 Å². The molecule has 0 aliphatic carbocycles. The van der Waals surface area contributed by atoms with E-state index in [1.165, 1.54) is 38.3 Å². The van der Waals surface area contributed by atoms with Crippen molar-refractivity contribution in [3.05, 3.63) is 52.3 Å². The highest BCUT2D eigenvalue weighted by atomic mass is 79.9. The van der Waals surface area contributed by atoms with E-state index in [1.54, 1.807) is 19.1 Å². The molecule has 6 nitrogen and oxygen atoms in total. The number of rotatable bonds is 6. The summed E-state index contributed by atoms with van der Waals surface area (Å²) in [6.07, 6.45) is 0. The number of halogens is 2. The van der Waals surface area contributed by atoms with Crippen molar-refractivity contribution in [3.63, 3.8) is 0 Å². The highest BCUT2D eigenvalue weighted by Gasteiger charge is 2.25. The maximum atomic E-state index is 13.8. The van der Waals surface area contributed by atoms with Crippen LogP contribution in [0.5, 0.6) is 5.75 Å². The number of hydrogen-bond acceptors (Lipinski definition) is 4. The average Bonchev–Trinajstić information content (AvgIpc) is 2.56. The Hall–Kier alpha value is -1.97. The van der Waals surface area contributed by atoms with Crippen molar-refractivity contribution < 1.29 is 22.3 Å². The third kappa shape index (κ3) is 4.80. The Kier molecular flexibility index (Phi) is 6.38. The molecule has 2 aromatic rings. The van der Waals surface area contributed by atoms with Gasteiger partial charge in [0.25, 0.3) is 0 Å². The normalized spacial score (nSPS) is 12.5. The van der Waals surface area contributed by atoms with Gasteiger partial charge in [0.15, 0.2) is 0 Å². The van der Waals surface area contributed by atoms with Gasteiger partial charge in [0.1, 0.15) is 16.5 Å². The van der Waals surface area contributed by atoms with Crippen molar-refractivity contribution in [1.82, 2.24) is 4.72 Å². The lowest BCUT2D eigenvalue weighted by molar-refractivity contribution is -0.117. The van der Waals surface area contributed by atoms with E-state index in [-0.39, 0.29) is 16.3 Å². The number of benzene rings is 2. The molecule has 2 rings (SSSR count). The first-order chi connectivity index (χ1) is 12.1. The molecule has 0 unspecified atom stereocenters. The topological polar surface area (TPSA) is 84.5 Å². The molecule has 26 heavy (non-hydrogen) atoms. The van der Waals surface area contributed by atoms with Crippen molar-refractivity contribution in [2.45, 2.75) is 24.8 Å². The van der Waals surface area contributed by atoms with Crippen molar-refractivity contribution in [2.24, 2.45) is 0 Å². The van der Waals surface area contributed by atoms with Gasteiger partial charge in [-0.25, -0.2) is 12.8 Å². The lowest BCUT2D eigenvalue weighted by Crippen LogP contribution is -2.41. The number of carbonyl (C=O) groups excluding carboxylic acids is 1. The Morgan fingerprint density at radius 3 is 2.54 bits per heavy atom. The van der Waals surface area contributed by atoms with Crippen LogP contribution in [0.3, 0.4) is 0 Å². The third-order valence-electron chi connectivity index (χ3n) is 3.52. The van der Waals surface area contributed by atoms with Gasteiger partial charge < -0.3 is 10.1 Å². The molecule has 140 valence electrons. The summed E-state index contributed by atoms with van der Waals surface area (Å²) in [6.45, 7) is 3.11. The van der Waals surface area contributed by atoms with E-state index in [4.69, 9.17) is 4.74 Å². The zero-order chi connectivity index (χ0) is 19.5. The summed E-state index contributed by atoms with van der Waals surface area (Å²) in [5.74, 6) is -1.17. The fourth-order valence-electron chi connectivity index (χ4n) is 2.18. The largest absolute Gasteiger partial charge is 0.495 e. The zero-order valence-corrected chi connectivity index (χ0v) is 16.7. The first kappa shape index (κ1) is 20.3. The van der Waals surface area contributed by atoms with Crippen LogP contribution in [0.1, 0.15) is 12.5 Å². The minimum absolute atomic E-state index is 0.0441. The predicted octanol–water partition coefficient (Wildman–Crippen LogP) is 3.21. The molecule has 0 saturated carbocycles. The minimum Gasteiger partial charge on any atom is -0.495 e. The molecule has 1 amide bonds. The van der Waals surface area contributed by atoms with Gasteiger partial charge in [-0.3, -0.25) is 4.79 Å². The summed E-state index contributed by atoms with van der Waals surface area (Å²) in [4.78, 5) is 12.2. The molecular formula is C17H18BrFN2O4S. The molecule has 2 aromatic carbocycles. The molecule has 0 radical (unpaired) electrons. The Morgan fingerprint density at radius 1 is 1.23 bits per heavy atom. The third-order valence-corrected chi connectivity index (χ3v) is 5.58. The van der Waals surface area contributed by atoms with Gasteiger partial charge in [0, 0.05) is 4.47 Å². The first-order valence-corrected chi connectivity index (χ1v) is 9.84. The summed E-state index contributed by atoms with van der Waals surface area (Å²) < 4.78 is 46.9. The summed E-state index contributed by atoms with van der Waals surface area (Å²) in [5, 5.41) is 2.36. The molecule has 0 aliphatic heterocycles. The van der Waals surface area contributed by atoms with E-state index in [2.05, 4.69) is 26.0 Å². The van der Waals surface area contributed by atoms with Gasteiger partial charge >= 0.3 is 0 Å². The second-order valence-corrected chi connectivity index (χ2v) is 8.21. The summed E-state index contributed by atoms with van der Waals surface area (Å²) in [5.41, 5.74) is 0.678. The standard InChI is InChI=1S/C17H18BrFN2O4S/c1-10-4-7-15(25-3)16(8-10)26(23,24)21-11(2)17(22)20-14-6-5-12(18)9-13(14)19/h4-9,11,21H,1-3H3,(H,20,22)/t11-/m1/s1. The SMILES string of the molecule is COc1ccc(C)cc1S(=O)(=O)N[C@H](C)C(=O)Nc1ccc(Br)cc1F. The van der Waals surface area contributed by atoms with Gasteiger partial charge in [0.05, 0.1) is 18.8 Å². The van der Waals surface area contributed by atoms with E-state index >= 15 is 0 Å². The fraction of sp³-hybridized carbons (Fsp3) is 0.235. The Balaban J connectivity index is 2.18. The van der Waals surface area contributed by atoms with Crippen LogP contribution >= 0.6 is 15.9 Å². The van der Waals surface area contributed by atoms with Gasteiger partial charge in [-0.2, -0.15) is 4.72 Å². The molecular weight excluding hydrogens is 427 g/mol. The number of aryl methyl sites for hydroxylation is 1. The second-order valence-electron chi connectivity index (χ2n) is 5.61. The van der Waals surface area contributed by atoms with E-state index in [1.807, 2.05) is 0 Å². The number of amides is 1. The van der Waals surface area contributed by atoms with Crippen molar-refractivity contribution in [3.8, 4) is 5.75 Å². The number of nitrogens with one attached hydrogen (secondary N) is 2. The van der Waals surface area contributed by atoms with Gasteiger partial charge in [0.2, 0.25) is 15.9 Å². The average molecular weight is 445 g/mol. The highest BCUT2D eigenvalue weighted by molar-refractivity contribution is 9.10. The lowest BCUT2D eigenvalue weighted by atomic mass is 10.2. The molecule has 2 N–H and O–H groups in total. The maximum Gasteiger partial charge on any atom is 0.244 e. The van der Waals surface area contributed by atoms with Crippen LogP contribution < -0.4 is 14.8 Å². The molecule has 9 heteroatoms. The molecule has 0 fully saturated rings. The van der Waals surface area contributed by atoms with Crippen LogP contribution in [0.4, 0.5) is 10.1 Å². The summed E-state index contributed by atoms with van der Waals surface area (Å²) >= 11 is 3.12. The molecule has 0 heterocycles. The molecule has 0 spiro atoms. The smallest absolute Gasteiger partial charge is 0.244 e. The number of hydrogen-bond donors (Lipinski definition) is 2. The predicted molar refractivity (Wildman–Crippen MR) is 100 cm³/mol. The van der Waals surface area contributed by atoms with Crippen molar-refractivity contribution >= 4 is 37.5 Å². The van der Waals surface area contributed by atoms with Gasteiger partial charge in [-0.1, -0.05) is 22.0 Å². The Morgan fingerprint density at radius 2 is 1.92 bits per heavy atom. The fourth-order valence-corrected chi connectivity index (χ4v) is 3.97. The molecule has 1 atom stereocenters. The minimum atomic E-state index is -4.02. The van der Waals surface area contributed by atoms with E-state index in [0.717, 1.165) is 5.56 Å². The van der Waals surface area contributed by atoms with Crippen molar-refractivity contribution in [1.29, 1.82) is 0 Å². The monoisotopic (exact) mass is 444 g/mol. The van der Waals surface area contributed by atoms with Crippen molar-refractivity contribution in [2.75, 3.05) is 12.4 Å². The van der Waals surface area contributed by atoms with Crippen LogP contribution in [0.2, 0.25) is 0 Å². The molecule has 0 bridgehead atoms. The molecule has 0 aromatic heterocycles. The van der Waals surface area contributed by atoms with Crippen LogP contribution in [0.15, 0.2) is 45.8 Å². The highest BCUT2D eigenvalue weighted by Crippen LogP contribution is 2.25. The van der Waals surface area contributed by atoms with E-state index < -0.39 is 27.8 Å².